The van der Waals surface area contributed by atoms with Crippen LogP contribution in [0.25, 0.3) is 0 Å². The standard InChI is InChI=1S/C16H25NO2S/c1-3-4-5-6-7-10-19-12-13-8-9-14(16(17)20)15(11-13)18-2/h8-9,11H,3-7,10,12H2,1-2H3,(H2,17,20). The molecule has 0 saturated carbocycles. The van der Waals surface area contributed by atoms with E-state index in [0.717, 1.165) is 24.2 Å². The molecule has 1 aromatic rings. The molecule has 4 heteroatoms. The van der Waals surface area contributed by atoms with Crippen molar-refractivity contribution in [2.24, 2.45) is 5.73 Å². The predicted octanol–water partition coefficient (Wildman–Crippen LogP) is 3.82. The number of hydrogen-bond donors (Lipinski definition) is 1. The molecule has 0 spiro atoms. The van der Waals surface area contributed by atoms with Crippen LogP contribution in [0.15, 0.2) is 18.2 Å². The van der Waals surface area contributed by atoms with Crippen molar-refractivity contribution >= 4 is 17.2 Å². The van der Waals surface area contributed by atoms with Crippen molar-refractivity contribution in [1.29, 1.82) is 0 Å². The summed E-state index contributed by atoms with van der Waals surface area (Å²) >= 11 is 4.98. The van der Waals surface area contributed by atoms with Crippen LogP contribution in [0.4, 0.5) is 0 Å². The number of ether oxygens (including phenoxy) is 2. The number of thiocarbonyl (C=S) groups is 1. The summed E-state index contributed by atoms with van der Waals surface area (Å²) in [4.78, 5) is 0.352. The molecule has 112 valence electrons. The van der Waals surface area contributed by atoms with Crippen LogP contribution in [0.3, 0.4) is 0 Å². The maximum absolute atomic E-state index is 5.68. The van der Waals surface area contributed by atoms with E-state index in [9.17, 15) is 0 Å². The van der Waals surface area contributed by atoms with Gasteiger partial charge in [-0.1, -0.05) is 50.9 Å². The largest absolute Gasteiger partial charge is 0.496 e. The highest BCUT2D eigenvalue weighted by atomic mass is 32.1. The molecule has 0 saturated heterocycles. The second kappa shape index (κ2) is 9.72. The molecule has 0 fully saturated rings. The summed E-state index contributed by atoms with van der Waals surface area (Å²) in [5.41, 5.74) is 7.49. The van der Waals surface area contributed by atoms with Gasteiger partial charge in [0.05, 0.1) is 19.3 Å². The van der Waals surface area contributed by atoms with Crippen LogP contribution in [0.1, 0.15) is 50.2 Å². The molecule has 0 unspecified atom stereocenters. The molecular weight excluding hydrogens is 270 g/mol. The number of rotatable bonds is 10. The summed E-state index contributed by atoms with van der Waals surface area (Å²) in [6.07, 6.45) is 6.27. The molecular formula is C16H25NO2S. The molecule has 3 nitrogen and oxygen atoms in total. The van der Waals surface area contributed by atoms with Gasteiger partial charge in [-0.2, -0.15) is 0 Å². The number of benzene rings is 1. The highest BCUT2D eigenvalue weighted by Gasteiger charge is 2.06. The zero-order valence-corrected chi connectivity index (χ0v) is 13.3. The minimum absolute atomic E-state index is 0.352. The SMILES string of the molecule is CCCCCCCOCc1ccc(C(N)=S)c(OC)c1. The third-order valence-corrected chi connectivity index (χ3v) is 3.41. The fraction of sp³-hybridized carbons (Fsp3) is 0.562. The molecule has 20 heavy (non-hydrogen) atoms. The van der Waals surface area contributed by atoms with E-state index in [1.807, 2.05) is 18.2 Å². The highest BCUT2D eigenvalue weighted by molar-refractivity contribution is 7.80. The molecule has 0 bridgehead atoms. The Morgan fingerprint density at radius 3 is 2.60 bits per heavy atom. The van der Waals surface area contributed by atoms with Gasteiger partial charge in [-0.15, -0.1) is 0 Å². The van der Waals surface area contributed by atoms with Crippen LogP contribution in [-0.4, -0.2) is 18.7 Å². The lowest BCUT2D eigenvalue weighted by Crippen LogP contribution is -2.11. The summed E-state index contributed by atoms with van der Waals surface area (Å²) in [7, 11) is 1.62. The number of nitrogens with two attached hydrogens (primary N) is 1. The van der Waals surface area contributed by atoms with Gasteiger partial charge in [-0.3, -0.25) is 0 Å². The Morgan fingerprint density at radius 2 is 1.95 bits per heavy atom. The molecule has 0 aromatic heterocycles. The summed E-state index contributed by atoms with van der Waals surface area (Å²) in [5, 5.41) is 0. The van der Waals surface area contributed by atoms with Gasteiger partial charge in [0.2, 0.25) is 0 Å². The minimum atomic E-state index is 0.352. The van der Waals surface area contributed by atoms with E-state index in [1.54, 1.807) is 7.11 Å². The first-order valence-electron chi connectivity index (χ1n) is 7.23. The van der Waals surface area contributed by atoms with Gasteiger partial charge in [0.15, 0.2) is 0 Å². The molecule has 2 N–H and O–H groups in total. The molecule has 0 aliphatic carbocycles. The zero-order chi connectivity index (χ0) is 14.8. The first-order valence-corrected chi connectivity index (χ1v) is 7.64. The van der Waals surface area contributed by atoms with Crippen molar-refractivity contribution in [3.8, 4) is 5.75 Å². The van der Waals surface area contributed by atoms with Crippen LogP contribution in [0, 0.1) is 0 Å². The highest BCUT2D eigenvalue weighted by Crippen LogP contribution is 2.20. The number of unbranched alkanes of at least 4 members (excludes halogenated alkanes) is 4. The van der Waals surface area contributed by atoms with Crippen molar-refractivity contribution < 1.29 is 9.47 Å². The lowest BCUT2D eigenvalue weighted by molar-refractivity contribution is 0.116. The second-order valence-electron chi connectivity index (χ2n) is 4.87. The van der Waals surface area contributed by atoms with Gasteiger partial charge < -0.3 is 15.2 Å². The third-order valence-electron chi connectivity index (χ3n) is 3.19. The number of hydrogen-bond acceptors (Lipinski definition) is 3. The molecule has 1 aromatic carbocycles. The van der Waals surface area contributed by atoms with Gasteiger partial charge in [0.1, 0.15) is 10.7 Å². The van der Waals surface area contributed by atoms with Crippen molar-refractivity contribution in [3.05, 3.63) is 29.3 Å². The van der Waals surface area contributed by atoms with Crippen LogP contribution in [-0.2, 0) is 11.3 Å². The molecule has 0 heterocycles. The quantitative estimate of drug-likeness (QED) is 0.526. The van der Waals surface area contributed by atoms with Gasteiger partial charge in [-0.05, 0) is 24.1 Å². The van der Waals surface area contributed by atoms with Gasteiger partial charge in [0.25, 0.3) is 0 Å². The van der Waals surface area contributed by atoms with Crippen LogP contribution < -0.4 is 10.5 Å². The Morgan fingerprint density at radius 1 is 1.20 bits per heavy atom. The van der Waals surface area contributed by atoms with E-state index < -0.39 is 0 Å². The fourth-order valence-corrected chi connectivity index (χ4v) is 2.20. The Bertz CT molecular complexity index is 421. The predicted molar refractivity (Wildman–Crippen MR) is 87.3 cm³/mol. The van der Waals surface area contributed by atoms with Gasteiger partial charge >= 0.3 is 0 Å². The summed E-state index contributed by atoms with van der Waals surface area (Å²) in [6, 6.07) is 5.81. The van der Waals surface area contributed by atoms with Crippen LogP contribution >= 0.6 is 12.2 Å². The maximum atomic E-state index is 5.68. The van der Waals surface area contributed by atoms with E-state index >= 15 is 0 Å². The Kier molecular flexibility index (Phi) is 8.23. The second-order valence-corrected chi connectivity index (χ2v) is 5.31. The lowest BCUT2D eigenvalue weighted by Gasteiger charge is -2.10. The van der Waals surface area contributed by atoms with Gasteiger partial charge in [0, 0.05) is 6.61 Å². The molecule has 0 radical (unpaired) electrons. The molecule has 0 aliphatic heterocycles. The molecule has 0 aliphatic rings. The summed E-state index contributed by atoms with van der Waals surface area (Å²) in [6.45, 7) is 3.63. The van der Waals surface area contributed by atoms with E-state index in [1.165, 1.54) is 25.7 Å². The van der Waals surface area contributed by atoms with E-state index in [-0.39, 0.29) is 0 Å². The normalized spacial score (nSPS) is 10.5. The Hall–Kier alpha value is -1.13. The first kappa shape index (κ1) is 16.9. The first-order chi connectivity index (χ1) is 9.69. The molecule has 1 rings (SSSR count). The van der Waals surface area contributed by atoms with Crippen molar-refractivity contribution in [1.82, 2.24) is 0 Å². The van der Waals surface area contributed by atoms with E-state index in [2.05, 4.69) is 6.92 Å². The maximum Gasteiger partial charge on any atom is 0.129 e. The van der Waals surface area contributed by atoms with Crippen molar-refractivity contribution in [2.75, 3.05) is 13.7 Å². The Balaban J connectivity index is 2.35. The van der Waals surface area contributed by atoms with Crippen molar-refractivity contribution in [3.63, 3.8) is 0 Å². The molecule has 0 atom stereocenters. The fourth-order valence-electron chi connectivity index (χ4n) is 2.03. The monoisotopic (exact) mass is 295 g/mol. The summed E-state index contributed by atoms with van der Waals surface area (Å²) in [5.74, 6) is 0.710. The number of methoxy groups -OCH3 is 1. The van der Waals surface area contributed by atoms with E-state index in [4.69, 9.17) is 27.4 Å². The third kappa shape index (κ3) is 5.88. The Labute approximate surface area is 127 Å². The molecule has 0 amide bonds. The lowest BCUT2D eigenvalue weighted by atomic mass is 10.1. The van der Waals surface area contributed by atoms with Crippen LogP contribution in [0.2, 0.25) is 0 Å². The minimum Gasteiger partial charge on any atom is -0.496 e. The topological polar surface area (TPSA) is 44.5 Å². The van der Waals surface area contributed by atoms with Crippen LogP contribution in [0.5, 0.6) is 5.75 Å². The van der Waals surface area contributed by atoms with E-state index in [0.29, 0.717) is 17.3 Å². The summed E-state index contributed by atoms with van der Waals surface area (Å²) < 4.78 is 11.0. The average molecular weight is 295 g/mol. The smallest absolute Gasteiger partial charge is 0.129 e. The zero-order valence-electron chi connectivity index (χ0n) is 12.5. The van der Waals surface area contributed by atoms with Crippen molar-refractivity contribution in [2.45, 2.75) is 45.6 Å². The van der Waals surface area contributed by atoms with Gasteiger partial charge in [-0.25, -0.2) is 0 Å². The average Bonchev–Trinajstić information content (AvgIpc) is 2.45.